The number of hydrogen-bond acceptors (Lipinski definition) is 4. The van der Waals surface area contributed by atoms with E-state index in [9.17, 15) is 39.9 Å². The standard InChI is InChI=1S/C22H17F8N5O/c23-13-8-15(25)14(24)4-10(13)3-12(31)7-19(36)34-1-2-35-16(9-34)20(33-21(35)22(28,29)30)11-5-17(26)32-18(27)6-11/h4-6,8,12H,1-3,7,9,31H2/t12-/m1/s1. The fourth-order valence-electron chi connectivity index (χ4n) is 4.06. The van der Waals surface area contributed by atoms with Crippen molar-refractivity contribution in [2.45, 2.75) is 38.1 Å². The quantitative estimate of drug-likeness (QED) is 0.315. The van der Waals surface area contributed by atoms with Crippen LogP contribution in [0, 0.1) is 29.3 Å². The molecule has 0 saturated heterocycles. The van der Waals surface area contributed by atoms with Crippen LogP contribution in [0.1, 0.15) is 23.5 Å². The van der Waals surface area contributed by atoms with Gasteiger partial charge in [-0.05, 0) is 18.1 Å². The first-order chi connectivity index (χ1) is 16.8. The first-order valence-corrected chi connectivity index (χ1v) is 10.5. The highest BCUT2D eigenvalue weighted by atomic mass is 19.4. The Kier molecular flexibility index (Phi) is 6.73. The average molecular weight is 519 g/mol. The molecule has 3 heterocycles. The third kappa shape index (κ3) is 5.17. The van der Waals surface area contributed by atoms with Crippen LogP contribution in [-0.2, 0) is 30.5 Å². The van der Waals surface area contributed by atoms with Crippen molar-refractivity contribution in [3.8, 4) is 11.3 Å². The van der Waals surface area contributed by atoms with Crippen molar-refractivity contribution in [3.05, 3.63) is 70.7 Å². The molecule has 0 aliphatic carbocycles. The smallest absolute Gasteiger partial charge is 0.335 e. The summed E-state index contributed by atoms with van der Waals surface area (Å²) in [5.41, 5.74) is 4.88. The van der Waals surface area contributed by atoms with Crippen LogP contribution in [0.4, 0.5) is 35.1 Å². The van der Waals surface area contributed by atoms with Gasteiger partial charge < -0.3 is 15.2 Å². The Bertz CT molecular complexity index is 1300. The predicted molar refractivity (Wildman–Crippen MR) is 108 cm³/mol. The number of pyridine rings is 1. The van der Waals surface area contributed by atoms with Crippen LogP contribution >= 0.6 is 0 Å². The fourth-order valence-corrected chi connectivity index (χ4v) is 4.06. The Labute approximate surface area is 198 Å². The molecule has 1 aromatic carbocycles. The highest BCUT2D eigenvalue weighted by Gasteiger charge is 2.41. The molecular weight excluding hydrogens is 502 g/mol. The highest BCUT2D eigenvalue weighted by Crippen LogP contribution is 2.36. The number of benzene rings is 1. The number of imidazole rings is 1. The van der Waals surface area contributed by atoms with Gasteiger partial charge in [0.2, 0.25) is 23.6 Å². The number of fused-ring (bicyclic) bond motifs is 1. The van der Waals surface area contributed by atoms with Crippen molar-refractivity contribution < 1.29 is 39.9 Å². The van der Waals surface area contributed by atoms with E-state index in [2.05, 4.69) is 9.97 Å². The molecule has 3 aromatic rings. The lowest BCUT2D eigenvalue weighted by Crippen LogP contribution is -2.42. The summed E-state index contributed by atoms with van der Waals surface area (Å²) in [6.07, 6.45) is -5.56. The number of nitrogens with two attached hydrogens (primary N) is 1. The first-order valence-electron chi connectivity index (χ1n) is 10.5. The highest BCUT2D eigenvalue weighted by molar-refractivity contribution is 5.77. The van der Waals surface area contributed by atoms with Crippen LogP contribution in [0.25, 0.3) is 11.3 Å². The summed E-state index contributed by atoms with van der Waals surface area (Å²) in [5, 5.41) is 0. The predicted octanol–water partition coefficient (Wildman–Crippen LogP) is 3.96. The summed E-state index contributed by atoms with van der Waals surface area (Å²) in [5.74, 6) is -8.13. The summed E-state index contributed by atoms with van der Waals surface area (Å²) in [6.45, 7) is -0.850. The molecule has 14 heteroatoms. The molecule has 0 radical (unpaired) electrons. The van der Waals surface area contributed by atoms with Gasteiger partial charge in [-0.25, -0.2) is 18.2 Å². The van der Waals surface area contributed by atoms with Gasteiger partial charge in [0.25, 0.3) is 0 Å². The Morgan fingerprint density at radius 2 is 1.58 bits per heavy atom. The monoisotopic (exact) mass is 519 g/mol. The third-order valence-corrected chi connectivity index (χ3v) is 5.66. The third-order valence-electron chi connectivity index (χ3n) is 5.66. The molecule has 2 aromatic heterocycles. The number of rotatable bonds is 5. The molecule has 0 fully saturated rings. The van der Waals surface area contributed by atoms with Crippen LogP contribution in [-0.4, -0.2) is 37.9 Å². The van der Waals surface area contributed by atoms with E-state index < -0.39 is 53.3 Å². The summed E-state index contributed by atoms with van der Waals surface area (Å²) >= 11 is 0. The fraction of sp³-hybridized carbons (Fsp3) is 0.318. The molecule has 0 saturated carbocycles. The lowest BCUT2D eigenvalue weighted by Gasteiger charge is -2.30. The zero-order valence-corrected chi connectivity index (χ0v) is 18.2. The minimum atomic E-state index is -4.87. The van der Waals surface area contributed by atoms with Crippen molar-refractivity contribution in [2.24, 2.45) is 5.73 Å². The lowest BCUT2D eigenvalue weighted by molar-refractivity contribution is -0.148. The maximum absolute atomic E-state index is 13.9. The molecule has 36 heavy (non-hydrogen) atoms. The number of amides is 1. The Morgan fingerprint density at radius 1 is 0.944 bits per heavy atom. The van der Waals surface area contributed by atoms with Crippen molar-refractivity contribution in [3.63, 3.8) is 0 Å². The van der Waals surface area contributed by atoms with Crippen LogP contribution < -0.4 is 5.73 Å². The molecule has 1 aliphatic rings. The second-order valence-corrected chi connectivity index (χ2v) is 8.22. The molecule has 4 rings (SSSR count). The van der Waals surface area contributed by atoms with E-state index in [1.54, 1.807) is 0 Å². The van der Waals surface area contributed by atoms with Gasteiger partial charge in [-0.3, -0.25) is 4.79 Å². The van der Waals surface area contributed by atoms with Crippen LogP contribution in [0.3, 0.4) is 0 Å². The molecule has 0 spiro atoms. The Balaban J connectivity index is 1.57. The lowest BCUT2D eigenvalue weighted by atomic mass is 10.0. The van der Waals surface area contributed by atoms with Gasteiger partial charge >= 0.3 is 6.18 Å². The summed E-state index contributed by atoms with van der Waals surface area (Å²) in [7, 11) is 0. The van der Waals surface area contributed by atoms with Gasteiger partial charge in [0.05, 0.1) is 17.9 Å². The van der Waals surface area contributed by atoms with E-state index >= 15 is 0 Å². The first kappa shape index (κ1) is 25.5. The van der Waals surface area contributed by atoms with Crippen LogP contribution in [0.5, 0.6) is 0 Å². The molecule has 0 unspecified atom stereocenters. The van der Waals surface area contributed by atoms with E-state index in [4.69, 9.17) is 5.73 Å². The van der Waals surface area contributed by atoms with Gasteiger partial charge in [0.1, 0.15) is 5.82 Å². The molecule has 192 valence electrons. The molecule has 1 atom stereocenters. The normalized spacial score (nSPS) is 14.6. The second kappa shape index (κ2) is 9.48. The maximum atomic E-state index is 13.9. The van der Waals surface area contributed by atoms with Crippen LogP contribution in [0.2, 0.25) is 0 Å². The summed E-state index contributed by atoms with van der Waals surface area (Å²) < 4.78 is 109. The van der Waals surface area contributed by atoms with Gasteiger partial charge in [-0.1, -0.05) is 0 Å². The SMILES string of the molecule is N[C@@H](CC(=O)N1CCn2c(C(F)(F)F)nc(-c3cc(F)nc(F)c3)c2C1)Cc1cc(F)c(F)cc1F. The number of nitrogens with zero attached hydrogens (tertiary/aromatic N) is 4. The summed E-state index contributed by atoms with van der Waals surface area (Å²) in [6, 6.07) is 1.41. The molecule has 6 nitrogen and oxygen atoms in total. The zero-order chi connectivity index (χ0) is 26.4. The molecule has 1 aliphatic heterocycles. The van der Waals surface area contributed by atoms with E-state index in [0.29, 0.717) is 12.1 Å². The number of alkyl halides is 3. The van der Waals surface area contributed by atoms with Crippen molar-refractivity contribution >= 4 is 5.91 Å². The second-order valence-electron chi connectivity index (χ2n) is 8.22. The topological polar surface area (TPSA) is 77.0 Å². The van der Waals surface area contributed by atoms with E-state index in [-0.39, 0.29) is 55.0 Å². The Hall–Kier alpha value is -3.55. The molecule has 1 amide bonds. The average Bonchev–Trinajstić information content (AvgIpc) is 3.16. The van der Waals surface area contributed by atoms with E-state index in [0.717, 1.165) is 16.7 Å². The molecular formula is C22H17F8N5O. The number of aromatic nitrogens is 3. The minimum Gasteiger partial charge on any atom is -0.335 e. The van der Waals surface area contributed by atoms with E-state index in [1.807, 2.05) is 0 Å². The van der Waals surface area contributed by atoms with Crippen molar-refractivity contribution in [1.82, 2.24) is 19.4 Å². The van der Waals surface area contributed by atoms with Gasteiger partial charge in [-0.2, -0.15) is 26.9 Å². The number of carbonyl (C=O) groups is 1. The number of halogens is 8. The largest absolute Gasteiger partial charge is 0.449 e. The molecule has 0 bridgehead atoms. The number of hydrogen-bond donors (Lipinski definition) is 1. The zero-order valence-electron chi connectivity index (χ0n) is 18.2. The van der Waals surface area contributed by atoms with Gasteiger partial charge in [0, 0.05) is 49.3 Å². The van der Waals surface area contributed by atoms with Crippen molar-refractivity contribution in [2.75, 3.05) is 6.54 Å². The molecule has 2 N–H and O–H groups in total. The van der Waals surface area contributed by atoms with Crippen LogP contribution in [0.15, 0.2) is 24.3 Å². The Morgan fingerprint density at radius 3 is 2.22 bits per heavy atom. The maximum Gasteiger partial charge on any atom is 0.449 e. The summed E-state index contributed by atoms with van der Waals surface area (Å²) in [4.78, 5) is 20.5. The van der Waals surface area contributed by atoms with Gasteiger partial charge in [0.15, 0.2) is 11.6 Å². The minimum absolute atomic E-state index is 0.104. The van der Waals surface area contributed by atoms with Crippen molar-refractivity contribution in [1.29, 1.82) is 0 Å². The van der Waals surface area contributed by atoms with Gasteiger partial charge in [-0.15, -0.1) is 0 Å². The van der Waals surface area contributed by atoms with E-state index in [1.165, 1.54) is 4.90 Å². The number of carbonyl (C=O) groups excluding carboxylic acids is 1.